The van der Waals surface area contributed by atoms with Gasteiger partial charge in [-0.25, -0.2) is 0 Å². The molecule has 0 N–H and O–H groups in total. The second kappa shape index (κ2) is 8.74. The minimum atomic E-state index is -0.748. The van der Waals surface area contributed by atoms with Crippen LogP contribution in [0.3, 0.4) is 0 Å². The molecule has 0 saturated carbocycles. The smallest absolute Gasteiger partial charge is 0.313 e. The van der Waals surface area contributed by atoms with E-state index in [1.807, 2.05) is 6.92 Å². The molecule has 0 amide bonds. The Labute approximate surface area is 139 Å². The monoisotopic (exact) mass is 318 g/mol. The van der Waals surface area contributed by atoms with Crippen LogP contribution in [0.15, 0.2) is 18.2 Å². The zero-order valence-corrected chi connectivity index (χ0v) is 13.3. The Morgan fingerprint density at radius 1 is 1.08 bits per heavy atom. The van der Waals surface area contributed by atoms with Gasteiger partial charge in [0, 0.05) is 10.4 Å². The number of carbonyl (C=O) groups is 1. The van der Waals surface area contributed by atoms with Gasteiger partial charge in [0.1, 0.15) is 35.4 Å². The molecular formula is C18H14N4O2. The second-order valence-corrected chi connectivity index (χ2v) is 4.89. The van der Waals surface area contributed by atoms with Gasteiger partial charge in [0.25, 0.3) is 0 Å². The SMILES string of the molecule is CCCOC(=O)C(C)c1cc(=C(C#N)C#N)ccc1=C(C#N)C#N. The van der Waals surface area contributed by atoms with Crippen LogP contribution >= 0.6 is 0 Å². The summed E-state index contributed by atoms with van der Waals surface area (Å²) in [6, 6.07) is 11.5. The molecule has 0 spiro atoms. The van der Waals surface area contributed by atoms with Crippen molar-refractivity contribution < 1.29 is 9.53 Å². The first-order valence-electron chi connectivity index (χ1n) is 7.19. The molecule has 24 heavy (non-hydrogen) atoms. The highest BCUT2D eigenvalue weighted by Gasteiger charge is 2.19. The number of esters is 1. The van der Waals surface area contributed by atoms with E-state index >= 15 is 0 Å². The van der Waals surface area contributed by atoms with E-state index in [-0.39, 0.29) is 17.8 Å². The summed E-state index contributed by atoms with van der Waals surface area (Å²) >= 11 is 0. The molecule has 118 valence electrons. The fourth-order valence-corrected chi connectivity index (χ4v) is 2.06. The lowest BCUT2D eigenvalue weighted by atomic mass is 9.95. The van der Waals surface area contributed by atoms with Crippen LogP contribution in [0.5, 0.6) is 0 Å². The van der Waals surface area contributed by atoms with E-state index in [9.17, 15) is 4.79 Å². The summed E-state index contributed by atoms with van der Waals surface area (Å²) in [5.74, 6) is -1.25. The van der Waals surface area contributed by atoms with Gasteiger partial charge in [-0.3, -0.25) is 4.79 Å². The maximum atomic E-state index is 12.1. The highest BCUT2D eigenvalue weighted by Crippen LogP contribution is 2.13. The first kappa shape index (κ1) is 18.4. The van der Waals surface area contributed by atoms with Crippen molar-refractivity contribution in [1.82, 2.24) is 0 Å². The Kier molecular flexibility index (Phi) is 6.72. The third-order valence-corrected chi connectivity index (χ3v) is 3.33. The molecule has 1 aromatic rings. The standard InChI is InChI=1S/C18H14N4O2/c1-3-6-24-18(23)12(2)17-7-13(14(8-19)9-20)4-5-16(17)15(10-21)11-22/h4-5,7,12H,3,6H2,1-2H3. The Morgan fingerprint density at radius 2 is 1.67 bits per heavy atom. The summed E-state index contributed by atoms with van der Waals surface area (Å²) in [6.45, 7) is 3.72. The van der Waals surface area contributed by atoms with Crippen molar-refractivity contribution in [3.05, 3.63) is 34.2 Å². The summed E-state index contributed by atoms with van der Waals surface area (Å²) in [5, 5.41) is 36.8. The first-order chi connectivity index (χ1) is 11.5. The van der Waals surface area contributed by atoms with Crippen molar-refractivity contribution in [3.8, 4) is 24.3 Å². The number of rotatable bonds is 4. The molecule has 1 unspecified atom stereocenters. The summed E-state index contributed by atoms with van der Waals surface area (Å²) in [5.41, 5.74) is 0.101. The number of benzene rings is 1. The minimum absolute atomic E-state index is 0.118. The lowest BCUT2D eigenvalue weighted by molar-refractivity contribution is -0.145. The van der Waals surface area contributed by atoms with E-state index in [1.54, 1.807) is 31.2 Å². The molecule has 0 radical (unpaired) electrons. The van der Waals surface area contributed by atoms with Gasteiger partial charge in [0.05, 0.1) is 12.5 Å². The molecule has 6 nitrogen and oxygen atoms in total. The Balaban J connectivity index is 3.73. The van der Waals surface area contributed by atoms with Crippen LogP contribution in [0.25, 0.3) is 11.1 Å². The van der Waals surface area contributed by atoms with E-state index in [0.29, 0.717) is 22.4 Å². The number of hydrogen-bond donors (Lipinski definition) is 0. The fraction of sp³-hybridized carbons (Fsp3) is 0.278. The summed E-state index contributed by atoms with van der Waals surface area (Å²) in [7, 11) is 0. The Morgan fingerprint density at radius 3 is 2.17 bits per heavy atom. The van der Waals surface area contributed by atoms with Crippen molar-refractivity contribution in [3.63, 3.8) is 0 Å². The largest absolute Gasteiger partial charge is 0.465 e. The molecular weight excluding hydrogens is 304 g/mol. The van der Waals surface area contributed by atoms with Gasteiger partial charge in [0.15, 0.2) is 0 Å². The second-order valence-electron chi connectivity index (χ2n) is 4.89. The average Bonchev–Trinajstić information content (AvgIpc) is 2.61. The van der Waals surface area contributed by atoms with Crippen LogP contribution in [-0.4, -0.2) is 12.6 Å². The predicted octanol–water partition coefficient (Wildman–Crippen LogP) is 1.14. The molecule has 1 aromatic carbocycles. The summed E-state index contributed by atoms with van der Waals surface area (Å²) in [4.78, 5) is 12.1. The number of nitrogens with zero attached hydrogens (tertiary/aromatic N) is 4. The van der Waals surface area contributed by atoms with Crippen LogP contribution in [0.4, 0.5) is 0 Å². The fourth-order valence-electron chi connectivity index (χ4n) is 2.06. The van der Waals surface area contributed by atoms with E-state index in [4.69, 9.17) is 25.8 Å². The zero-order chi connectivity index (χ0) is 18.1. The van der Waals surface area contributed by atoms with E-state index < -0.39 is 11.9 Å². The molecule has 0 aliphatic heterocycles. The van der Waals surface area contributed by atoms with Crippen LogP contribution in [0.1, 0.15) is 31.7 Å². The quantitative estimate of drug-likeness (QED) is 0.767. The van der Waals surface area contributed by atoms with Gasteiger partial charge in [-0.2, -0.15) is 21.0 Å². The van der Waals surface area contributed by atoms with Gasteiger partial charge in [0.2, 0.25) is 0 Å². The topological polar surface area (TPSA) is 121 Å². The number of hydrogen-bond acceptors (Lipinski definition) is 6. The zero-order valence-electron chi connectivity index (χ0n) is 13.3. The Bertz CT molecular complexity index is 902. The molecule has 0 bridgehead atoms. The number of nitriles is 4. The van der Waals surface area contributed by atoms with E-state index in [2.05, 4.69) is 0 Å². The predicted molar refractivity (Wildman–Crippen MR) is 84.6 cm³/mol. The van der Waals surface area contributed by atoms with Crippen molar-refractivity contribution >= 4 is 17.1 Å². The number of carbonyl (C=O) groups excluding carboxylic acids is 1. The lowest BCUT2D eigenvalue weighted by Gasteiger charge is -2.12. The number of ether oxygens (including phenoxy) is 1. The van der Waals surface area contributed by atoms with Crippen molar-refractivity contribution in [2.45, 2.75) is 26.2 Å². The van der Waals surface area contributed by atoms with Gasteiger partial charge >= 0.3 is 5.97 Å². The summed E-state index contributed by atoms with van der Waals surface area (Å²) < 4.78 is 5.11. The average molecular weight is 318 g/mol. The van der Waals surface area contributed by atoms with Crippen LogP contribution in [-0.2, 0) is 9.53 Å². The molecule has 0 saturated heterocycles. The molecule has 1 rings (SSSR count). The van der Waals surface area contributed by atoms with Gasteiger partial charge in [-0.15, -0.1) is 0 Å². The molecule has 0 aliphatic rings. The van der Waals surface area contributed by atoms with Crippen LogP contribution in [0, 0.1) is 45.3 Å². The van der Waals surface area contributed by atoms with Crippen molar-refractivity contribution in [2.24, 2.45) is 0 Å². The molecule has 0 aliphatic carbocycles. The highest BCUT2D eigenvalue weighted by atomic mass is 16.5. The lowest BCUT2D eigenvalue weighted by Crippen LogP contribution is -2.25. The van der Waals surface area contributed by atoms with E-state index in [0.717, 1.165) is 0 Å². The molecule has 1 atom stereocenters. The minimum Gasteiger partial charge on any atom is -0.465 e. The van der Waals surface area contributed by atoms with Crippen molar-refractivity contribution in [2.75, 3.05) is 6.61 Å². The van der Waals surface area contributed by atoms with Crippen LogP contribution < -0.4 is 10.4 Å². The molecule has 0 heterocycles. The normalized spacial score (nSPS) is 10.2. The molecule has 6 heteroatoms. The van der Waals surface area contributed by atoms with Gasteiger partial charge in [-0.05, 0) is 25.0 Å². The van der Waals surface area contributed by atoms with E-state index in [1.165, 1.54) is 18.2 Å². The van der Waals surface area contributed by atoms with Gasteiger partial charge < -0.3 is 4.74 Å². The van der Waals surface area contributed by atoms with Crippen molar-refractivity contribution in [1.29, 1.82) is 21.0 Å². The maximum Gasteiger partial charge on any atom is 0.313 e. The first-order valence-corrected chi connectivity index (χ1v) is 7.19. The summed E-state index contributed by atoms with van der Waals surface area (Å²) in [6.07, 6.45) is 0.667. The van der Waals surface area contributed by atoms with Gasteiger partial charge in [-0.1, -0.05) is 19.1 Å². The third kappa shape index (κ3) is 3.98. The Hall–Kier alpha value is -3.61. The molecule has 0 aromatic heterocycles. The third-order valence-electron chi connectivity index (χ3n) is 3.33. The molecule has 0 fully saturated rings. The maximum absolute atomic E-state index is 12.1. The highest BCUT2D eigenvalue weighted by molar-refractivity contribution is 5.81. The van der Waals surface area contributed by atoms with Crippen LogP contribution in [0.2, 0.25) is 0 Å².